The van der Waals surface area contributed by atoms with Gasteiger partial charge in [-0.15, -0.1) is 0 Å². The van der Waals surface area contributed by atoms with Crippen LogP contribution >= 0.6 is 23.2 Å². The van der Waals surface area contributed by atoms with Crippen molar-refractivity contribution in [2.45, 2.75) is 13.8 Å². The normalized spacial score (nSPS) is 11.9. The molecule has 0 aromatic heterocycles. The number of rotatable bonds is 3. The van der Waals surface area contributed by atoms with Gasteiger partial charge in [-0.05, 0) is 29.7 Å². The van der Waals surface area contributed by atoms with E-state index < -0.39 is 0 Å². The van der Waals surface area contributed by atoms with Crippen LogP contribution < -0.4 is 0 Å². The van der Waals surface area contributed by atoms with Crippen molar-refractivity contribution < 1.29 is 4.79 Å². The second kappa shape index (κ2) is 5.34. The standard InChI is InChI=1S/C12H12Cl2O/c1-8(2)9(7-15)6-10-11(13)4-3-5-12(10)14/h3-8H,1-2H3. The van der Waals surface area contributed by atoms with Gasteiger partial charge >= 0.3 is 0 Å². The molecule has 0 saturated heterocycles. The van der Waals surface area contributed by atoms with E-state index in [0.29, 0.717) is 21.2 Å². The zero-order valence-electron chi connectivity index (χ0n) is 8.63. The van der Waals surface area contributed by atoms with Gasteiger partial charge in [0.15, 0.2) is 0 Å². The third-order valence-corrected chi connectivity index (χ3v) is 2.77. The van der Waals surface area contributed by atoms with Crippen LogP contribution in [0.4, 0.5) is 0 Å². The number of hydrogen-bond donors (Lipinski definition) is 0. The zero-order valence-corrected chi connectivity index (χ0v) is 10.1. The third-order valence-electron chi connectivity index (χ3n) is 2.11. The summed E-state index contributed by atoms with van der Waals surface area (Å²) in [5, 5.41) is 1.12. The van der Waals surface area contributed by atoms with Crippen molar-refractivity contribution in [2.24, 2.45) is 5.92 Å². The summed E-state index contributed by atoms with van der Waals surface area (Å²) in [6.07, 6.45) is 2.58. The van der Waals surface area contributed by atoms with Crippen molar-refractivity contribution >= 4 is 35.6 Å². The number of carbonyl (C=O) groups is 1. The monoisotopic (exact) mass is 242 g/mol. The molecule has 0 aliphatic carbocycles. The Morgan fingerprint density at radius 1 is 1.27 bits per heavy atom. The molecule has 0 bridgehead atoms. The van der Waals surface area contributed by atoms with Crippen LogP contribution in [0.5, 0.6) is 0 Å². The number of carbonyl (C=O) groups excluding carboxylic acids is 1. The van der Waals surface area contributed by atoms with Crippen LogP contribution in [0.15, 0.2) is 23.8 Å². The average Bonchev–Trinajstić information content (AvgIpc) is 2.17. The molecule has 1 aromatic carbocycles. The molecule has 1 aromatic rings. The number of hydrogen-bond acceptors (Lipinski definition) is 1. The van der Waals surface area contributed by atoms with Gasteiger partial charge in [0.05, 0.1) is 0 Å². The highest BCUT2D eigenvalue weighted by Crippen LogP contribution is 2.27. The molecule has 0 aliphatic rings. The minimum atomic E-state index is 0.162. The Labute approximate surface area is 99.7 Å². The predicted octanol–water partition coefficient (Wildman–Crippen LogP) is 4.23. The molecule has 80 valence electrons. The Morgan fingerprint density at radius 2 is 1.80 bits per heavy atom. The van der Waals surface area contributed by atoms with Gasteiger partial charge in [0.1, 0.15) is 6.29 Å². The largest absolute Gasteiger partial charge is 0.298 e. The summed E-state index contributed by atoms with van der Waals surface area (Å²) in [6.45, 7) is 3.90. The fourth-order valence-corrected chi connectivity index (χ4v) is 1.66. The summed E-state index contributed by atoms with van der Waals surface area (Å²) in [5.74, 6) is 0.162. The van der Waals surface area contributed by atoms with Gasteiger partial charge in [-0.2, -0.15) is 0 Å². The Bertz CT molecular complexity index is 374. The quantitative estimate of drug-likeness (QED) is 0.573. The molecule has 0 unspecified atom stereocenters. The molecule has 1 rings (SSSR count). The molecule has 3 heteroatoms. The molecule has 0 amide bonds. The van der Waals surface area contributed by atoms with E-state index in [4.69, 9.17) is 23.2 Å². The Balaban J connectivity index is 3.22. The number of halogens is 2. The first-order chi connectivity index (χ1) is 7.06. The van der Waals surface area contributed by atoms with Gasteiger partial charge in [0.25, 0.3) is 0 Å². The van der Waals surface area contributed by atoms with E-state index in [9.17, 15) is 4.79 Å². The SMILES string of the molecule is CC(C)C(C=O)=Cc1c(Cl)cccc1Cl. The fourth-order valence-electron chi connectivity index (χ4n) is 1.15. The molecule has 1 nitrogen and oxygen atoms in total. The molecule has 0 aliphatic heterocycles. The van der Waals surface area contributed by atoms with Crippen LogP contribution in [0.1, 0.15) is 19.4 Å². The second-order valence-corrected chi connectivity index (χ2v) is 4.37. The molecule has 0 N–H and O–H groups in total. The highest BCUT2D eigenvalue weighted by atomic mass is 35.5. The van der Waals surface area contributed by atoms with E-state index in [1.54, 1.807) is 24.3 Å². The van der Waals surface area contributed by atoms with Crippen LogP contribution in [-0.2, 0) is 4.79 Å². The first kappa shape index (κ1) is 12.3. The van der Waals surface area contributed by atoms with Gasteiger partial charge in [-0.1, -0.05) is 43.1 Å². The lowest BCUT2D eigenvalue weighted by Crippen LogP contribution is -1.95. The summed E-state index contributed by atoms with van der Waals surface area (Å²) in [7, 11) is 0. The first-order valence-electron chi connectivity index (χ1n) is 4.67. The molecule has 0 saturated carbocycles. The highest BCUT2D eigenvalue weighted by Gasteiger charge is 2.06. The lowest BCUT2D eigenvalue weighted by molar-refractivity contribution is -0.105. The average molecular weight is 243 g/mol. The molecule has 0 atom stereocenters. The van der Waals surface area contributed by atoms with Gasteiger partial charge in [0, 0.05) is 15.6 Å². The summed E-state index contributed by atoms with van der Waals surface area (Å²) in [6, 6.07) is 5.28. The number of allylic oxidation sites excluding steroid dienone is 1. The minimum Gasteiger partial charge on any atom is -0.298 e. The van der Waals surface area contributed by atoms with E-state index in [-0.39, 0.29) is 5.92 Å². The van der Waals surface area contributed by atoms with Crippen molar-refractivity contribution in [3.05, 3.63) is 39.4 Å². The fraction of sp³-hybridized carbons (Fsp3) is 0.250. The summed E-state index contributed by atoms with van der Waals surface area (Å²) < 4.78 is 0. The van der Waals surface area contributed by atoms with Crippen LogP contribution in [0, 0.1) is 5.92 Å². The van der Waals surface area contributed by atoms with Crippen molar-refractivity contribution in [3.63, 3.8) is 0 Å². The lowest BCUT2D eigenvalue weighted by Gasteiger charge is -2.06. The summed E-state index contributed by atoms with van der Waals surface area (Å²) in [4.78, 5) is 10.8. The third kappa shape index (κ3) is 3.08. The lowest BCUT2D eigenvalue weighted by atomic mass is 10.0. The van der Waals surface area contributed by atoms with Gasteiger partial charge in [0.2, 0.25) is 0 Å². The van der Waals surface area contributed by atoms with Crippen LogP contribution in [-0.4, -0.2) is 6.29 Å². The van der Waals surface area contributed by atoms with Gasteiger partial charge in [-0.3, -0.25) is 4.79 Å². The van der Waals surface area contributed by atoms with Crippen molar-refractivity contribution in [2.75, 3.05) is 0 Å². The highest BCUT2D eigenvalue weighted by molar-refractivity contribution is 6.37. The maximum atomic E-state index is 10.8. The number of benzene rings is 1. The topological polar surface area (TPSA) is 17.1 Å². The maximum Gasteiger partial charge on any atom is 0.146 e. The molecule has 0 fully saturated rings. The van der Waals surface area contributed by atoms with Crippen LogP contribution in [0.2, 0.25) is 10.0 Å². The first-order valence-corrected chi connectivity index (χ1v) is 5.42. The minimum absolute atomic E-state index is 0.162. The Morgan fingerprint density at radius 3 is 2.20 bits per heavy atom. The van der Waals surface area contributed by atoms with E-state index >= 15 is 0 Å². The number of aldehydes is 1. The van der Waals surface area contributed by atoms with Gasteiger partial charge < -0.3 is 0 Å². The molecular weight excluding hydrogens is 231 g/mol. The molecule has 0 spiro atoms. The van der Waals surface area contributed by atoms with Crippen molar-refractivity contribution in [1.82, 2.24) is 0 Å². The van der Waals surface area contributed by atoms with E-state index in [1.807, 2.05) is 13.8 Å². The van der Waals surface area contributed by atoms with Crippen LogP contribution in [0.25, 0.3) is 6.08 Å². The molecule has 0 heterocycles. The Kier molecular flexibility index (Phi) is 4.37. The second-order valence-electron chi connectivity index (χ2n) is 3.55. The zero-order chi connectivity index (χ0) is 11.4. The van der Waals surface area contributed by atoms with E-state index in [1.165, 1.54) is 0 Å². The van der Waals surface area contributed by atoms with Crippen molar-refractivity contribution in [3.8, 4) is 0 Å². The van der Waals surface area contributed by atoms with Crippen molar-refractivity contribution in [1.29, 1.82) is 0 Å². The summed E-state index contributed by atoms with van der Waals surface area (Å²) >= 11 is 12.0. The van der Waals surface area contributed by atoms with Gasteiger partial charge in [-0.25, -0.2) is 0 Å². The van der Waals surface area contributed by atoms with Crippen LogP contribution in [0.3, 0.4) is 0 Å². The Hall–Kier alpha value is -0.790. The molecule has 0 radical (unpaired) electrons. The summed E-state index contributed by atoms with van der Waals surface area (Å²) in [5.41, 5.74) is 1.39. The van der Waals surface area contributed by atoms with E-state index in [0.717, 1.165) is 6.29 Å². The molecule has 15 heavy (non-hydrogen) atoms. The van der Waals surface area contributed by atoms with E-state index in [2.05, 4.69) is 0 Å². The smallest absolute Gasteiger partial charge is 0.146 e. The maximum absolute atomic E-state index is 10.8. The molecular formula is C12H12Cl2O. The predicted molar refractivity (Wildman–Crippen MR) is 65.3 cm³/mol.